The summed E-state index contributed by atoms with van der Waals surface area (Å²) in [5, 5.41) is 13.1. The number of aromatic nitrogens is 4. The molecule has 2 aromatic heterocycles. The van der Waals surface area contributed by atoms with Crippen LogP contribution in [0.1, 0.15) is 0 Å². The lowest BCUT2D eigenvalue weighted by molar-refractivity contribution is -0.116. The second-order valence-electron chi connectivity index (χ2n) is 5.33. The van der Waals surface area contributed by atoms with E-state index in [1.54, 1.807) is 16.8 Å². The molecule has 0 aliphatic carbocycles. The number of amides is 1. The number of benzene rings is 2. The molecular weight excluding hydrogens is 341 g/mol. The number of hydrogen-bond acceptors (Lipinski definition) is 5. The molecule has 0 fully saturated rings. The van der Waals surface area contributed by atoms with Gasteiger partial charge in [0.15, 0.2) is 5.13 Å². The molecule has 0 saturated heterocycles. The van der Waals surface area contributed by atoms with Crippen molar-refractivity contribution in [1.29, 1.82) is 0 Å². The molecule has 124 valence electrons. The van der Waals surface area contributed by atoms with Crippen LogP contribution >= 0.6 is 11.3 Å². The summed E-state index contributed by atoms with van der Waals surface area (Å²) in [5.41, 5.74) is 3.01. The van der Waals surface area contributed by atoms with Crippen molar-refractivity contribution in [1.82, 2.24) is 20.0 Å². The molecule has 2 aromatic carbocycles. The lowest BCUT2D eigenvalue weighted by Crippen LogP contribution is -2.19. The molecule has 25 heavy (non-hydrogen) atoms. The van der Waals surface area contributed by atoms with Gasteiger partial charge in [-0.05, 0) is 36.4 Å². The average Bonchev–Trinajstić information content (AvgIpc) is 3.23. The zero-order chi connectivity index (χ0) is 17.2. The average molecular weight is 353 g/mol. The van der Waals surface area contributed by atoms with Gasteiger partial charge in [-0.3, -0.25) is 4.79 Å². The van der Waals surface area contributed by atoms with E-state index in [4.69, 9.17) is 0 Å². The van der Waals surface area contributed by atoms with Gasteiger partial charge >= 0.3 is 0 Å². The van der Waals surface area contributed by atoms with Crippen LogP contribution in [0.4, 0.5) is 9.52 Å². The highest BCUT2D eigenvalue weighted by atomic mass is 32.1. The van der Waals surface area contributed by atoms with Crippen LogP contribution in [0.5, 0.6) is 0 Å². The van der Waals surface area contributed by atoms with Crippen molar-refractivity contribution >= 4 is 33.4 Å². The number of carbonyl (C=O) groups excluding carboxylic acids is 1. The molecule has 0 aliphatic rings. The number of para-hydroxylation sites is 1. The van der Waals surface area contributed by atoms with Crippen molar-refractivity contribution in [3.63, 3.8) is 0 Å². The van der Waals surface area contributed by atoms with E-state index in [2.05, 4.69) is 20.6 Å². The molecule has 0 saturated carbocycles. The van der Waals surface area contributed by atoms with E-state index in [0.29, 0.717) is 10.8 Å². The largest absolute Gasteiger partial charge is 0.300 e. The van der Waals surface area contributed by atoms with Crippen molar-refractivity contribution in [3.8, 4) is 11.3 Å². The fraction of sp³-hybridized carbons (Fsp3) is 0.0588. The van der Waals surface area contributed by atoms with Crippen LogP contribution in [-0.4, -0.2) is 25.9 Å². The first kappa shape index (κ1) is 15.4. The third kappa shape index (κ3) is 3.24. The summed E-state index contributed by atoms with van der Waals surface area (Å²) in [6.45, 7) is 0.0476. The minimum atomic E-state index is -0.299. The molecule has 6 nitrogen and oxygen atoms in total. The van der Waals surface area contributed by atoms with Gasteiger partial charge in [-0.2, -0.15) is 0 Å². The zero-order valence-electron chi connectivity index (χ0n) is 12.9. The van der Waals surface area contributed by atoms with Crippen LogP contribution in [0.2, 0.25) is 0 Å². The van der Waals surface area contributed by atoms with Gasteiger partial charge in [0.1, 0.15) is 17.9 Å². The normalized spacial score (nSPS) is 10.9. The zero-order valence-corrected chi connectivity index (χ0v) is 13.7. The van der Waals surface area contributed by atoms with E-state index in [9.17, 15) is 9.18 Å². The molecule has 0 atom stereocenters. The third-order valence-corrected chi connectivity index (χ3v) is 4.36. The van der Waals surface area contributed by atoms with Crippen LogP contribution in [0.15, 0.2) is 53.9 Å². The first-order valence-corrected chi connectivity index (χ1v) is 8.36. The fourth-order valence-corrected chi connectivity index (χ4v) is 3.15. The van der Waals surface area contributed by atoms with Gasteiger partial charge < -0.3 is 5.32 Å². The maximum Gasteiger partial charge on any atom is 0.247 e. The summed E-state index contributed by atoms with van der Waals surface area (Å²) < 4.78 is 14.5. The maximum absolute atomic E-state index is 13.0. The van der Waals surface area contributed by atoms with E-state index >= 15 is 0 Å². The van der Waals surface area contributed by atoms with Crippen LogP contribution in [0.25, 0.3) is 22.3 Å². The Morgan fingerprint density at radius 2 is 1.96 bits per heavy atom. The first-order chi connectivity index (χ1) is 12.2. The van der Waals surface area contributed by atoms with Crippen LogP contribution in [-0.2, 0) is 11.3 Å². The minimum absolute atomic E-state index is 0.0476. The summed E-state index contributed by atoms with van der Waals surface area (Å²) in [7, 11) is 0. The van der Waals surface area contributed by atoms with Gasteiger partial charge in [-0.15, -0.1) is 16.4 Å². The van der Waals surface area contributed by atoms with Crippen LogP contribution in [0.3, 0.4) is 0 Å². The quantitative estimate of drug-likeness (QED) is 0.611. The lowest BCUT2D eigenvalue weighted by atomic mass is 10.2. The Morgan fingerprint density at radius 1 is 1.16 bits per heavy atom. The summed E-state index contributed by atoms with van der Waals surface area (Å²) in [5.74, 6) is -0.539. The topological polar surface area (TPSA) is 72.7 Å². The van der Waals surface area contributed by atoms with E-state index in [-0.39, 0.29) is 18.3 Å². The smallest absolute Gasteiger partial charge is 0.247 e. The van der Waals surface area contributed by atoms with Gasteiger partial charge in [0.2, 0.25) is 5.91 Å². The molecule has 0 radical (unpaired) electrons. The number of thiazole rings is 1. The van der Waals surface area contributed by atoms with Crippen molar-refractivity contribution in [2.75, 3.05) is 5.32 Å². The highest BCUT2D eigenvalue weighted by Gasteiger charge is 2.11. The van der Waals surface area contributed by atoms with Gasteiger partial charge in [0.25, 0.3) is 0 Å². The Labute approximate surface area is 145 Å². The Morgan fingerprint density at radius 3 is 2.80 bits per heavy atom. The number of halogens is 1. The molecule has 2 heterocycles. The Bertz CT molecular complexity index is 1040. The standard InChI is InChI=1S/C17H12FN5OS/c18-12-7-5-11(6-8-12)14-10-25-17(19-14)20-16(24)9-23-15-4-2-1-3-13(15)21-22-23/h1-8,10H,9H2,(H,19,20,24). The summed E-state index contributed by atoms with van der Waals surface area (Å²) in [6, 6.07) is 13.5. The van der Waals surface area contributed by atoms with Gasteiger partial charge in [0.05, 0.1) is 11.2 Å². The van der Waals surface area contributed by atoms with Crippen LogP contribution < -0.4 is 5.32 Å². The van der Waals surface area contributed by atoms with Gasteiger partial charge in [-0.25, -0.2) is 14.1 Å². The van der Waals surface area contributed by atoms with E-state index in [0.717, 1.165) is 16.6 Å². The monoisotopic (exact) mass is 353 g/mol. The Hall–Kier alpha value is -3.13. The predicted molar refractivity (Wildman–Crippen MR) is 93.7 cm³/mol. The second-order valence-corrected chi connectivity index (χ2v) is 6.19. The van der Waals surface area contributed by atoms with Crippen molar-refractivity contribution in [2.24, 2.45) is 0 Å². The molecule has 0 unspecified atom stereocenters. The van der Waals surface area contributed by atoms with Crippen molar-refractivity contribution in [3.05, 3.63) is 59.7 Å². The van der Waals surface area contributed by atoms with Crippen LogP contribution in [0, 0.1) is 5.82 Å². The third-order valence-electron chi connectivity index (χ3n) is 3.60. The highest BCUT2D eigenvalue weighted by molar-refractivity contribution is 7.14. The number of nitrogens with one attached hydrogen (secondary N) is 1. The molecule has 1 N–H and O–H groups in total. The number of fused-ring (bicyclic) bond motifs is 1. The molecule has 4 rings (SSSR count). The number of hydrogen-bond donors (Lipinski definition) is 1. The molecule has 4 aromatic rings. The van der Waals surface area contributed by atoms with E-state index in [1.165, 1.54) is 23.5 Å². The van der Waals surface area contributed by atoms with Crippen molar-refractivity contribution < 1.29 is 9.18 Å². The summed E-state index contributed by atoms with van der Waals surface area (Å²) >= 11 is 1.31. The van der Waals surface area contributed by atoms with Gasteiger partial charge in [-0.1, -0.05) is 17.3 Å². The van der Waals surface area contributed by atoms with E-state index < -0.39 is 0 Å². The lowest BCUT2D eigenvalue weighted by Gasteiger charge is -2.02. The molecule has 0 aliphatic heterocycles. The maximum atomic E-state index is 13.0. The highest BCUT2D eigenvalue weighted by Crippen LogP contribution is 2.25. The number of anilines is 1. The number of nitrogens with zero attached hydrogens (tertiary/aromatic N) is 4. The second kappa shape index (κ2) is 6.40. The molecule has 0 bridgehead atoms. The molecule has 0 spiro atoms. The predicted octanol–water partition coefficient (Wildman–Crippen LogP) is 3.33. The van der Waals surface area contributed by atoms with Crippen molar-refractivity contribution in [2.45, 2.75) is 6.54 Å². The van der Waals surface area contributed by atoms with E-state index in [1.807, 2.05) is 29.6 Å². The Kier molecular flexibility index (Phi) is 3.95. The number of rotatable bonds is 4. The van der Waals surface area contributed by atoms with Gasteiger partial charge in [0, 0.05) is 10.9 Å². The number of carbonyl (C=O) groups is 1. The molecular formula is C17H12FN5OS. The Balaban J connectivity index is 1.47. The SMILES string of the molecule is O=C(Cn1nnc2ccccc21)Nc1nc(-c2ccc(F)cc2)cs1. The molecule has 1 amide bonds. The minimum Gasteiger partial charge on any atom is -0.300 e. The fourth-order valence-electron chi connectivity index (χ4n) is 2.41. The molecule has 8 heteroatoms. The summed E-state index contributed by atoms with van der Waals surface area (Å²) in [4.78, 5) is 16.6. The summed E-state index contributed by atoms with van der Waals surface area (Å²) in [6.07, 6.45) is 0. The first-order valence-electron chi connectivity index (χ1n) is 7.48.